The lowest BCUT2D eigenvalue weighted by Crippen LogP contribution is -1.92. The molecule has 0 aliphatic carbocycles. The largest absolute Gasteiger partial charge is 0.508 e. The Morgan fingerprint density at radius 1 is 1.06 bits per heavy atom. The Morgan fingerprint density at radius 2 is 1.89 bits per heavy atom. The highest BCUT2D eigenvalue weighted by Gasteiger charge is 2.07. The number of nitrogens with zero attached hydrogens (tertiary/aromatic N) is 3. The van der Waals surface area contributed by atoms with Crippen LogP contribution in [0.1, 0.15) is 11.4 Å². The van der Waals surface area contributed by atoms with Gasteiger partial charge < -0.3 is 10.2 Å². The van der Waals surface area contributed by atoms with Crippen molar-refractivity contribution in [2.45, 2.75) is 6.42 Å². The molecule has 0 amide bonds. The lowest BCUT2D eigenvalue weighted by atomic mass is 10.1. The second-order valence-corrected chi connectivity index (χ2v) is 4.02. The highest BCUT2D eigenvalue weighted by molar-refractivity contribution is 5.41. The summed E-state index contributed by atoms with van der Waals surface area (Å²) in [5, 5.41) is 23.3. The van der Waals surface area contributed by atoms with E-state index in [1.807, 2.05) is 12.1 Å². The Bertz CT molecular complexity index is 706. The molecule has 2 heterocycles. The van der Waals surface area contributed by atoms with Crippen molar-refractivity contribution in [3.05, 3.63) is 54.0 Å². The van der Waals surface area contributed by atoms with Gasteiger partial charge in [0.15, 0.2) is 11.5 Å². The number of benzene rings is 1. The number of rotatable bonds is 2. The van der Waals surface area contributed by atoms with Gasteiger partial charge in [0.2, 0.25) is 0 Å². The lowest BCUT2D eigenvalue weighted by molar-refractivity contribution is 0.468. The zero-order valence-electron chi connectivity index (χ0n) is 9.48. The van der Waals surface area contributed by atoms with E-state index >= 15 is 0 Å². The van der Waals surface area contributed by atoms with Crippen molar-refractivity contribution in [1.82, 2.24) is 14.6 Å². The van der Waals surface area contributed by atoms with E-state index in [1.165, 1.54) is 10.7 Å². The normalized spacial score (nSPS) is 10.9. The molecule has 0 spiro atoms. The summed E-state index contributed by atoms with van der Waals surface area (Å²) in [4.78, 5) is 4.32. The van der Waals surface area contributed by atoms with Crippen LogP contribution in [0.5, 0.6) is 11.5 Å². The van der Waals surface area contributed by atoms with Crippen molar-refractivity contribution < 1.29 is 10.2 Å². The molecule has 1 aromatic carbocycles. The summed E-state index contributed by atoms with van der Waals surface area (Å²) >= 11 is 0. The van der Waals surface area contributed by atoms with Crippen LogP contribution in [-0.4, -0.2) is 24.8 Å². The van der Waals surface area contributed by atoms with Gasteiger partial charge in [0.1, 0.15) is 11.5 Å². The SMILES string of the molecule is Oc1ccc2nc(Cc3ccccc3O)nn2c1. The Hall–Kier alpha value is -2.56. The maximum Gasteiger partial charge on any atom is 0.156 e. The first-order valence-electron chi connectivity index (χ1n) is 5.53. The molecular formula is C13H11N3O2. The number of phenolic OH excluding ortho intramolecular Hbond substituents is 1. The van der Waals surface area contributed by atoms with E-state index in [-0.39, 0.29) is 11.5 Å². The standard InChI is InChI=1S/C13H11N3O2/c17-10-5-6-13-14-12(15-16(13)8-10)7-9-3-1-2-4-11(9)18/h1-6,8,17-18H,7H2. The fourth-order valence-corrected chi connectivity index (χ4v) is 1.82. The predicted molar refractivity (Wildman–Crippen MR) is 65.6 cm³/mol. The first kappa shape index (κ1) is 10.6. The van der Waals surface area contributed by atoms with Gasteiger partial charge in [-0.05, 0) is 18.2 Å². The van der Waals surface area contributed by atoms with Crippen molar-refractivity contribution in [1.29, 1.82) is 0 Å². The van der Waals surface area contributed by atoms with Crippen LogP contribution < -0.4 is 0 Å². The number of hydrogen-bond acceptors (Lipinski definition) is 4. The van der Waals surface area contributed by atoms with Crippen LogP contribution in [0.25, 0.3) is 5.65 Å². The fourth-order valence-electron chi connectivity index (χ4n) is 1.82. The summed E-state index contributed by atoms with van der Waals surface area (Å²) < 4.78 is 1.52. The van der Waals surface area contributed by atoms with E-state index < -0.39 is 0 Å². The summed E-state index contributed by atoms with van der Waals surface area (Å²) in [7, 11) is 0. The summed E-state index contributed by atoms with van der Waals surface area (Å²) in [6.07, 6.45) is 1.95. The summed E-state index contributed by atoms with van der Waals surface area (Å²) in [6, 6.07) is 10.4. The molecule has 0 unspecified atom stereocenters. The monoisotopic (exact) mass is 241 g/mol. The van der Waals surface area contributed by atoms with Crippen LogP contribution in [0, 0.1) is 0 Å². The van der Waals surface area contributed by atoms with Gasteiger partial charge in [-0.25, -0.2) is 9.50 Å². The van der Waals surface area contributed by atoms with Gasteiger partial charge in [0.25, 0.3) is 0 Å². The smallest absolute Gasteiger partial charge is 0.156 e. The molecule has 3 aromatic rings. The number of aromatic hydroxyl groups is 2. The van der Waals surface area contributed by atoms with Crippen molar-refractivity contribution in [3.63, 3.8) is 0 Å². The van der Waals surface area contributed by atoms with Crippen molar-refractivity contribution >= 4 is 5.65 Å². The van der Waals surface area contributed by atoms with Crippen molar-refractivity contribution in [2.24, 2.45) is 0 Å². The minimum absolute atomic E-state index is 0.140. The van der Waals surface area contributed by atoms with Crippen LogP contribution in [0.4, 0.5) is 0 Å². The van der Waals surface area contributed by atoms with E-state index in [4.69, 9.17) is 0 Å². The van der Waals surface area contributed by atoms with Gasteiger partial charge in [-0.2, -0.15) is 5.10 Å². The number of hydrogen-bond donors (Lipinski definition) is 2. The third-order valence-corrected chi connectivity index (χ3v) is 2.70. The number of fused-ring (bicyclic) bond motifs is 1. The Morgan fingerprint density at radius 3 is 2.72 bits per heavy atom. The maximum atomic E-state index is 9.69. The van der Waals surface area contributed by atoms with Crippen molar-refractivity contribution in [2.75, 3.05) is 0 Å². The van der Waals surface area contributed by atoms with Crippen LogP contribution in [0.3, 0.4) is 0 Å². The molecule has 0 fully saturated rings. The third-order valence-electron chi connectivity index (χ3n) is 2.70. The highest BCUT2D eigenvalue weighted by atomic mass is 16.3. The zero-order valence-corrected chi connectivity index (χ0v) is 9.48. The molecule has 0 saturated heterocycles. The highest BCUT2D eigenvalue weighted by Crippen LogP contribution is 2.19. The fraction of sp³-hybridized carbons (Fsp3) is 0.0769. The van der Waals surface area contributed by atoms with Gasteiger partial charge in [-0.15, -0.1) is 0 Å². The average Bonchev–Trinajstić information content (AvgIpc) is 2.73. The average molecular weight is 241 g/mol. The van der Waals surface area contributed by atoms with E-state index in [9.17, 15) is 10.2 Å². The predicted octanol–water partition coefficient (Wildman–Crippen LogP) is 1.73. The van der Waals surface area contributed by atoms with E-state index in [1.54, 1.807) is 24.3 Å². The van der Waals surface area contributed by atoms with Gasteiger partial charge in [0.05, 0.1) is 6.20 Å². The topological polar surface area (TPSA) is 70.7 Å². The first-order valence-corrected chi connectivity index (χ1v) is 5.53. The van der Waals surface area contributed by atoms with Crippen molar-refractivity contribution in [3.8, 4) is 11.5 Å². The maximum absolute atomic E-state index is 9.69. The number of phenols is 1. The first-order chi connectivity index (χ1) is 8.72. The molecule has 18 heavy (non-hydrogen) atoms. The molecule has 0 aliphatic heterocycles. The third kappa shape index (κ3) is 1.86. The molecule has 0 bridgehead atoms. The molecule has 2 N–H and O–H groups in total. The van der Waals surface area contributed by atoms with Crippen LogP contribution in [0.15, 0.2) is 42.6 Å². The van der Waals surface area contributed by atoms with Crippen LogP contribution >= 0.6 is 0 Å². The molecule has 5 heteroatoms. The molecule has 5 nitrogen and oxygen atoms in total. The van der Waals surface area contributed by atoms with Gasteiger partial charge in [-0.1, -0.05) is 18.2 Å². The molecule has 3 rings (SSSR count). The quantitative estimate of drug-likeness (QED) is 0.716. The molecule has 0 atom stereocenters. The van der Waals surface area contributed by atoms with E-state index in [0.29, 0.717) is 17.9 Å². The van der Waals surface area contributed by atoms with Gasteiger partial charge in [0, 0.05) is 12.0 Å². The molecule has 0 saturated carbocycles. The van der Waals surface area contributed by atoms with Gasteiger partial charge >= 0.3 is 0 Å². The zero-order chi connectivity index (χ0) is 12.5. The van der Waals surface area contributed by atoms with E-state index in [0.717, 1.165) is 5.56 Å². The summed E-state index contributed by atoms with van der Waals surface area (Å²) in [5.74, 6) is 0.975. The van der Waals surface area contributed by atoms with Crippen LogP contribution in [0.2, 0.25) is 0 Å². The summed E-state index contributed by atoms with van der Waals surface area (Å²) in [6.45, 7) is 0. The molecule has 0 aliphatic rings. The number of para-hydroxylation sites is 1. The summed E-state index contributed by atoms with van der Waals surface area (Å²) in [5.41, 5.74) is 1.44. The lowest BCUT2D eigenvalue weighted by Gasteiger charge is -1.99. The Labute approximate surface area is 103 Å². The molecule has 0 radical (unpaired) electrons. The minimum atomic E-state index is 0.140. The molecular weight excluding hydrogens is 230 g/mol. The number of aromatic nitrogens is 3. The Kier molecular flexibility index (Phi) is 2.37. The van der Waals surface area contributed by atoms with Crippen LogP contribution in [-0.2, 0) is 6.42 Å². The number of pyridine rings is 1. The Balaban J connectivity index is 1.98. The second kappa shape index (κ2) is 4.03. The molecule has 2 aromatic heterocycles. The minimum Gasteiger partial charge on any atom is -0.508 e. The van der Waals surface area contributed by atoms with E-state index in [2.05, 4.69) is 10.1 Å². The van der Waals surface area contributed by atoms with Gasteiger partial charge in [-0.3, -0.25) is 0 Å². The molecule has 90 valence electrons. The second-order valence-electron chi connectivity index (χ2n) is 4.02.